The Morgan fingerprint density at radius 1 is 1.40 bits per heavy atom. The monoisotopic (exact) mass is 269 g/mol. The van der Waals surface area contributed by atoms with E-state index < -0.39 is 0 Å². The molecule has 0 saturated heterocycles. The molecule has 104 valence electrons. The Labute approximate surface area is 118 Å². The van der Waals surface area contributed by atoms with Crippen molar-refractivity contribution in [1.29, 1.82) is 0 Å². The Morgan fingerprint density at radius 3 is 2.95 bits per heavy atom. The summed E-state index contributed by atoms with van der Waals surface area (Å²) in [6.07, 6.45) is 6.30. The van der Waals surface area contributed by atoms with Crippen LogP contribution in [-0.2, 0) is 24.2 Å². The molecule has 0 aliphatic heterocycles. The summed E-state index contributed by atoms with van der Waals surface area (Å²) in [5, 5.41) is 0. The van der Waals surface area contributed by atoms with Gasteiger partial charge in [-0.05, 0) is 30.4 Å². The van der Waals surface area contributed by atoms with E-state index in [2.05, 4.69) is 34.2 Å². The lowest BCUT2D eigenvalue weighted by molar-refractivity contribution is -0.135. The van der Waals surface area contributed by atoms with Gasteiger partial charge in [-0.15, -0.1) is 0 Å². The van der Waals surface area contributed by atoms with Crippen LogP contribution in [0.1, 0.15) is 23.4 Å². The zero-order chi connectivity index (χ0) is 13.9. The lowest BCUT2D eigenvalue weighted by Crippen LogP contribution is -2.35. The van der Waals surface area contributed by atoms with Crippen LogP contribution in [0.15, 0.2) is 36.7 Å². The molecule has 1 aliphatic rings. The number of imidazole rings is 1. The summed E-state index contributed by atoms with van der Waals surface area (Å²) in [5.41, 5.74) is 2.72. The molecular weight excluding hydrogens is 250 g/mol. The second-order valence-corrected chi connectivity index (χ2v) is 5.44. The van der Waals surface area contributed by atoms with Crippen molar-refractivity contribution in [2.24, 2.45) is 5.92 Å². The van der Waals surface area contributed by atoms with Gasteiger partial charge < -0.3 is 9.88 Å². The van der Waals surface area contributed by atoms with E-state index in [4.69, 9.17) is 0 Å². The van der Waals surface area contributed by atoms with Crippen molar-refractivity contribution in [3.8, 4) is 0 Å². The standard InChI is InChI=1S/C16H19N3O/c1-19(11-15-17-8-9-18-15)16(20)14-7-6-12-4-2-3-5-13(12)10-14/h2-5,8-9,14H,6-7,10-11H2,1H3,(H,17,18). The number of amides is 1. The van der Waals surface area contributed by atoms with Gasteiger partial charge in [0.2, 0.25) is 5.91 Å². The minimum atomic E-state index is 0.102. The number of rotatable bonds is 3. The van der Waals surface area contributed by atoms with Crippen LogP contribution in [-0.4, -0.2) is 27.8 Å². The van der Waals surface area contributed by atoms with Crippen molar-refractivity contribution in [2.75, 3.05) is 7.05 Å². The highest BCUT2D eigenvalue weighted by molar-refractivity contribution is 5.79. The number of nitrogens with one attached hydrogen (secondary N) is 1. The predicted octanol–water partition coefficient (Wildman–Crippen LogP) is 2.17. The second kappa shape index (κ2) is 5.49. The Kier molecular flexibility index (Phi) is 3.54. The summed E-state index contributed by atoms with van der Waals surface area (Å²) in [4.78, 5) is 21.5. The highest BCUT2D eigenvalue weighted by atomic mass is 16.2. The Morgan fingerprint density at radius 2 is 2.20 bits per heavy atom. The van der Waals surface area contributed by atoms with Crippen molar-refractivity contribution in [1.82, 2.24) is 14.9 Å². The molecule has 20 heavy (non-hydrogen) atoms. The molecule has 0 radical (unpaired) electrons. The summed E-state index contributed by atoms with van der Waals surface area (Å²) < 4.78 is 0. The Bertz CT molecular complexity index is 592. The minimum Gasteiger partial charge on any atom is -0.347 e. The van der Waals surface area contributed by atoms with Crippen molar-refractivity contribution in [3.63, 3.8) is 0 Å². The van der Waals surface area contributed by atoms with E-state index in [9.17, 15) is 4.79 Å². The molecule has 4 heteroatoms. The first-order chi connectivity index (χ1) is 9.74. The maximum atomic E-state index is 12.5. The van der Waals surface area contributed by atoms with Crippen LogP contribution in [0.3, 0.4) is 0 Å². The number of carbonyl (C=O) groups is 1. The van der Waals surface area contributed by atoms with E-state index in [-0.39, 0.29) is 11.8 Å². The molecule has 1 unspecified atom stereocenters. The van der Waals surface area contributed by atoms with Gasteiger partial charge >= 0.3 is 0 Å². The van der Waals surface area contributed by atoms with Crippen LogP contribution >= 0.6 is 0 Å². The second-order valence-electron chi connectivity index (χ2n) is 5.44. The molecule has 1 atom stereocenters. The lowest BCUT2D eigenvalue weighted by Gasteiger charge is -2.27. The van der Waals surface area contributed by atoms with Crippen molar-refractivity contribution in [3.05, 3.63) is 53.6 Å². The highest BCUT2D eigenvalue weighted by Gasteiger charge is 2.26. The van der Waals surface area contributed by atoms with Crippen LogP contribution in [0.4, 0.5) is 0 Å². The van der Waals surface area contributed by atoms with Gasteiger partial charge in [0.15, 0.2) is 0 Å². The molecule has 1 aromatic heterocycles. The number of aryl methyl sites for hydroxylation is 1. The molecule has 1 N–H and O–H groups in total. The Hall–Kier alpha value is -2.10. The number of aromatic nitrogens is 2. The molecule has 1 amide bonds. The highest BCUT2D eigenvalue weighted by Crippen LogP contribution is 2.26. The summed E-state index contributed by atoms with van der Waals surface area (Å²) in [6.45, 7) is 0.546. The third-order valence-corrected chi connectivity index (χ3v) is 4.01. The smallest absolute Gasteiger partial charge is 0.226 e. The number of H-pyrrole nitrogens is 1. The topological polar surface area (TPSA) is 49.0 Å². The van der Waals surface area contributed by atoms with E-state index in [1.807, 2.05) is 7.05 Å². The van der Waals surface area contributed by atoms with Crippen LogP contribution in [0.2, 0.25) is 0 Å². The lowest BCUT2D eigenvalue weighted by atomic mass is 9.83. The van der Waals surface area contributed by atoms with Crippen LogP contribution in [0.25, 0.3) is 0 Å². The quantitative estimate of drug-likeness (QED) is 0.928. The number of nitrogens with zero attached hydrogens (tertiary/aromatic N) is 2. The van der Waals surface area contributed by atoms with Gasteiger partial charge in [0.25, 0.3) is 0 Å². The summed E-state index contributed by atoms with van der Waals surface area (Å²) >= 11 is 0. The van der Waals surface area contributed by atoms with E-state index in [1.54, 1.807) is 17.3 Å². The Balaban J connectivity index is 1.66. The van der Waals surface area contributed by atoms with Gasteiger partial charge in [-0.2, -0.15) is 0 Å². The van der Waals surface area contributed by atoms with E-state index >= 15 is 0 Å². The fraction of sp³-hybridized carbons (Fsp3) is 0.375. The van der Waals surface area contributed by atoms with E-state index in [0.717, 1.165) is 25.1 Å². The van der Waals surface area contributed by atoms with Gasteiger partial charge in [-0.3, -0.25) is 4.79 Å². The number of carbonyl (C=O) groups excluding carboxylic acids is 1. The largest absolute Gasteiger partial charge is 0.347 e. The first-order valence-electron chi connectivity index (χ1n) is 7.04. The van der Waals surface area contributed by atoms with Gasteiger partial charge in [-0.25, -0.2) is 4.98 Å². The van der Waals surface area contributed by atoms with Crippen LogP contribution in [0, 0.1) is 5.92 Å². The fourth-order valence-electron chi connectivity index (χ4n) is 2.91. The van der Waals surface area contributed by atoms with Crippen LogP contribution in [0.5, 0.6) is 0 Å². The SMILES string of the molecule is CN(Cc1ncc[nH]1)C(=O)C1CCc2ccccc2C1. The van der Waals surface area contributed by atoms with Gasteiger partial charge in [0.1, 0.15) is 5.82 Å². The molecule has 4 nitrogen and oxygen atoms in total. The minimum absolute atomic E-state index is 0.102. The van der Waals surface area contributed by atoms with Gasteiger partial charge in [0.05, 0.1) is 6.54 Å². The molecule has 1 heterocycles. The predicted molar refractivity (Wildman–Crippen MR) is 77.0 cm³/mol. The molecule has 0 fully saturated rings. The summed E-state index contributed by atoms with van der Waals surface area (Å²) in [5.74, 6) is 1.15. The number of hydrogen-bond acceptors (Lipinski definition) is 2. The average molecular weight is 269 g/mol. The molecule has 1 aliphatic carbocycles. The number of hydrogen-bond donors (Lipinski definition) is 1. The number of fused-ring (bicyclic) bond motifs is 1. The molecule has 0 bridgehead atoms. The van der Waals surface area contributed by atoms with E-state index in [1.165, 1.54) is 11.1 Å². The molecule has 0 saturated carbocycles. The molecule has 2 aromatic rings. The maximum absolute atomic E-state index is 12.5. The number of benzene rings is 1. The maximum Gasteiger partial charge on any atom is 0.226 e. The third-order valence-electron chi connectivity index (χ3n) is 4.01. The molecule has 3 rings (SSSR count). The number of aromatic amines is 1. The molecular formula is C16H19N3O. The van der Waals surface area contributed by atoms with Crippen molar-refractivity contribution < 1.29 is 4.79 Å². The zero-order valence-corrected chi connectivity index (χ0v) is 11.7. The fourth-order valence-corrected chi connectivity index (χ4v) is 2.91. The van der Waals surface area contributed by atoms with Gasteiger partial charge in [-0.1, -0.05) is 24.3 Å². The van der Waals surface area contributed by atoms with Gasteiger partial charge in [0, 0.05) is 25.4 Å². The first-order valence-corrected chi connectivity index (χ1v) is 7.04. The summed E-state index contributed by atoms with van der Waals surface area (Å²) in [7, 11) is 1.85. The first kappa shape index (κ1) is 12.9. The molecule has 0 spiro atoms. The zero-order valence-electron chi connectivity index (χ0n) is 11.7. The summed E-state index contributed by atoms with van der Waals surface area (Å²) in [6, 6.07) is 8.44. The van der Waals surface area contributed by atoms with Crippen molar-refractivity contribution in [2.45, 2.75) is 25.8 Å². The normalized spacial score (nSPS) is 17.6. The third kappa shape index (κ3) is 2.59. The van der Waals surface area contributed by atoms with Crippen molar-refractivity contribution >= 4 is 5.91 Å². The molecule has 1 aromatic carbocycles. The van der Waals surface area contributed by atoms with E-state index in [0.29, 0.717) is 6.54 Å². The van der Waals surface area contributed by atoms with Crippen LogP contribution < -0.4 is 0 Å². The average Bonchev–Trinajstić information content (AvgIpc) is 2.99.